The van der Waals surface area contributed by atoms with E-state index in [0.717, 1.165) is 12.0 Å². The van der Waals surface area contributed by atoms with Crippen LogP contribution < -0.4 is 0 Å². The average Bonchev–Trinajstić information content (AvgIpc) is 2.35. The van der Waals surface area contributed by atoms with E-state index in [2.05, 4.69) is 44.2 Å². The van der Waals surface area contributed by atoms with Gasteiger partial charge in [0.1, 0.15) is 0 Å². The number of hydrogen-bond acceptors (Lipinski definition) is 1. The summed E-state index contributed by atoms with van der Waals surface area (Å²) in [6, 6.07) is 12.8. The lowest BCUT2D eigenvalue weighted by Crippen LogP contribution is -2.15. The third-order valence-electron chi connectivity index (χ3n) is 3.75. The van der Waals surface area contributed by atoms with Crippen molar-refractivity contribution in [3.8, 4) is 0 Å². The molecule has 1 heteroatoms. The Morgan fingerprint density at radius 2 is 1.67 bits per heavy atom. The summed E-state index contributed by atoms with van der Waals surface area (Å²) in [4.78, 5) is 0. The molecule has 0 heterocycles. The molecular weight excluding hydrogens is 220 g/mol. The van der Waals surface area contributed by atoms with E-state index < -0.39 is 5.60 Å². The van der Waals surface area contributed by atoms with Crippen molar-refractivity contribution in [2.45, 2.75) is 45.6 Å². The summed E-state index contributed by atoms with van der Waals surface area (Å²) < 4.78 is 0. The summed E-state index contributed by atoms with van der Waals surface area (Å²) in [6.07, 6.45) is 1.16. The van der Waals surface area contributed by atoms with Gasteiger partial charge in [0.05, 0.1) is 5.60 Å². The normalized spacial score (nSPS) is 13.8. The zero-order valence-electron chi connectivity index (χ0n) is 11.7. The molecule has 1 nitrogen and oxygen atoms in total. The number of rotatable bonds is 3. The van der Waals surface area contributed by atoms with Gasteiger partial charge in [0.15, 0.2) is 0 Å². The minimum atomic E-state index is -0.774. The van der Waals surface area contributed by atoms with Crippen LogP contribution in [0.2, 0.25) is 0 Å². The molecule has 0 saturated heterocycles. The topological polar surface area (TPSA) is 20.2 Å². The van der Waals surface area contributed by atoms with Gasteiger partial charge in [-0.05, 0) is 54.2 Å². The Kier molecular flexibility index (Phi) is 3.45. The third-order valence-corrected chi connectivity index (χ3v) is 3.75. The van der Waals surface area contributed by atoms with Crippen molar-refractivity contribution in [3.63, 3.8) is 0 Å². The van der Waals surface area contributed by atoms with Crippen LogP contribution in [0, 0.1) is 0 Å². The van der Waals surface area contributed by atoms with Crippen molar-refractivity contribution < 1.29 is 5.11 Å². The fourth-order valence-corrected chi connectivity index (χ4v) is 2.19. The maximum Gasteiger partial charge on any atom is 0.0840 e. The number of aliphatic hydroxyl groups is 1. The van der Waals surface area contributed by atoms with Gasteiger partial charge in [-0.3, -0.25) is 0 Å². The van der Waals surface area contributed by atoms with E-state index in [1.165, 1.54) is 16.3 Å². The first-order valence-corrected chi connectivity index (χ1v) is 6.68. The lowest BCUT2D eigenvalue weighted by molar-refractivity contribution is 0.0787. The highest BCUT2D eigenvalue weighted by Crippen LogP contribution is 2.27. The van der Waals surface area contributed by atoms with E-state index in [4.69, 9.17) is 0 Å². The lowest BCUT2D eigenvalue weighted by Gasteiger charge is -2.18. The maximum atomic E-state index is 10.0. The van der Waals surface area contributed by atoms with E-state index in [9.17, 15) is 5.11 Å². The maximum absolute atomic E-state index is 10.0. The van der Waals surface area contributed by atoms with Gasteiger partial charge < -0.3 is 5.11 Å². The van der Waals surface area contributed by atoms with Crippen LogP contribution >= 0.6 is 0 Å². The summed E-state index contributed by atoms with van der Waals surface area (Å²) in [6.45, 7) is 8.11. The quantitative estimate of drug-likeness (QED) is 0.835. The van der Waals surface area contributed by atoms with Crippen molar-refractivity contribution >= 4 is 10.8 Å². The molecule has 1 atom stereocenters. The Balaban J connectivity index is 2.49. The molecule has 2 rings (SSSR count). The molecule has 0 aliphatic rings. The molecule has 0 amide bonds. The Morgan fingerprint density at radius 1 is 1.06 bits per heavy atom. The lowest BCUT2D eigenvalue weighted by atomic mass is 9.92. The van der Waals surface area contributed by atoms with Crippen molar-refractivity contribution in [1.29, 1.82) is 0 Å². The molecule has 2 aromatic rings. The number of fused-ring (bicyclic) bond motifs is 1. The molecule has 0 saturated carbocycles. The molecule has 0 radical (unpaired) electrons. The summed E-state index contributed by atoms with van der Waals surface area (Å²) in [5, 5.41) is 12.5. The molecular formula is C17H22O. The van der Waals surface area contributed by atoms with Gasteiger partial charge in [0.25, 0.3) is 0 Å². The molecule has 96 valence electrons. The molecule has 0 fully saturated rings. The number of benzene rings is 2. The summed E-state index contributed by atoms with van der Waals surface area (Å²) >= 11 is 0. The molecule has 0 aliphatic heterocycles. The van der Waals surface area contributed by atoms with E-state index in [1.54, 1.807) is 0 Å². The minimum Gasteiger partial charge on any atom is -0.386 e. The Bertz CT molecular complexity index is 549. The first kappa shape index (κ1) is 13.1. The van der Waals surface area contributed by atoms with Crippen LogP contribution in [0.5, 0.6) is 0 Å². The van der Waals surface area contributed by atoms with E-state index in [0.29, 0.717) is 5.92 Å². The molecule has 0 bridgehead atoms. The average molecular weight is 242 g/mol. The standard InChI is InChI=1S/C17H22O/c1-5-12(2)13-6-7-15-11-16(17(3,4)18)9-8-14(15)10-13/h6-12,18H,5H2,1-4H3. The van der Waals surface area contributed by atoms with Crippen LogP contribution in [0.4, 0.5) is 0 Å². The largest absolute Gasteiger partial charge is 0.386 e. The van der Waals surface area contributed by atoms with Gasteiger partial charge in [-0.2, -0.15) is 0 Å². The summed E-state index contributed by atoms with van der Waals surface area (Å²) in [5.74, 6) is 0.600. The third kappa shape index (κ3) is 2.56. The SMILES string of the molecule is CCC(C)c1ccc2cc(C(C)(C)O)ccc2c1. The van der Waals surface area contributed by atoms with Crippen molar-refractivity contribution in [2.24, 2.45) is 0 Å². The molecule has 1 N–H and O–H groups in total. The van der Waals surface area contributed by atoms with E-state index in [-0.39, 0.29) is 0 Å². The molecule has 0 spiro atoms. The zero-order chi connectivity index (χ0) is 13.3. The van der Waals surface area contributed by atoms with Gasteiger partial charge in [-0.15, -0.1) is 0 Å². The Morgan fingerprint density at radius 3 is 2.28 bits per heavy atom. The Hall–Kier alpha value is -1.34. The molecule has 18 heavy (non-hydrogen) atoms. The second kappa shape index (κ2) is 4.74. The highest BCUT2D eigenvalue weighted by atomic mass is 16.3. The van der Waals surface area contributed by atoms with Gasteiger partial charge in [0, 0.05) is 0 Å². The first-order chi connectivity index (χ1) is 8.41. The molecule has 1 unspecified atom stereocenters. The van der Waals surface area contributed by atoms with E-state index in [1.807, 2.05) is 19.9 Å². The van der Waals surface area contributed by atoms with Crippen LogP contribution in [0.15, 0.2) is 36.4 Å². The van der Waals surface area contributed by atoms with Crippen LogP contribution in [0.25, 0.3) is 10.8 Å². The summed E-state index contributed by atoms with van der Waals surface area (Å²) in [5.41, 5.74) is 1.58. The van der Waals surface area contributed by atoms with E-state index >= 15 is 0 Å². The predicted molar refractivity (Wildman–Crippen MR) is 77.9 cm³/mol. The Labute approximate surface area is 109 Å². The van der Waals surface area contributed by atoms with Gasteiger partial charge in [0.2, 0.25) is 0 Å². The van der Waals surface area contributed by atoms with Crippen LogP contribution in [0.3, 0.4) is 0 Å². The van der Waals surface area contributed by atoms with Crippen LogP contribution in [-0.2, 0) is 5.60 Å². The van der Waals surface area contributed by atoms with Gasteiger partial charge in [-0.1, -0.05) is 44.2 Å². The summed E-state index contributed by atoms with van der Waals surface area (Å²) in [7, 11) is 0. The van der Waals surface area contributed by atoms with Crippen molar-refractivity contribution in [3.05, 3.63) is 47.5 Å². The number of hydrogen-bond donors (Lipinski definition) is 1. The highest BCUT2D eigenvalue weighted by Gasteiger charge is 2.16. The van der Waals surface area contributed by atoms with Crippen LogP contribution in [0.1, 0.15) is 51.2 Å². The smallest absolute Gasteiger partial charge is 0.0840 e. The predicted octanol–water partition coefficient (Wildman–Crippen LogP) is 4.58. The second-order valence-electron chi connectivity index (χ2n) is 5.69. The second-order valence-corrected chi connectivity index (χ2v) is 5.69. The zero-order valence-corrected chi connectivity index (χ0v) is 11.7. The fourth-order valence-electron chi connectivity index (χ4n) is 2.19. The van der Waals surface area contributed by atoms with Gasteiger partial charge >= 0.3 is 0 Å². The highest BCUT2D eigenvalue weighted by molar-refractivity contribution is 5.84. The van der Waals surface area contributed by atoms with Crippen molar-refractivity contribution in [2.75, 3.05) is 0 Å². The first-order valence-electron chi connectivity index (χ1n) is 6.68. The molecule has 0 aromatic heterocycles. The molecule has 2 aromatic carbocycles. The van der Waals surface area contributed by atoms with Crippen molar-refractivity contribution in [1.82, 2.24) is 0 Å². The van der Waals surface area contributed by atoms with Crippen LogP contribution in [-0.4, -0.2) is 5.11 Å². The van der Waals surface area contributed by atoms with Gasteiger partial charge in [-0.25, -0.2) is 0 Å². The fraction of sp³-hybridized carbons (Fsp3) is 0.412. The monoisotopic (exact) mass is 242 g/mol. The minimum absolute atomic E-state index is 0.600. The molecule has 0 aliphatic carbocycles.